The summed E-state index contributed by atoms with van der Waals surface area (Å²) in [6.07, 6.45) is -0.234. The summed E-state index contributed by atoms with van der Waals surface area (Å²) in [7, 11) is 1.60. The van der Waals surface area contributed by atoms with Gasteiger partial charge in [0.05, 0.1) is 18.8 Å². The fourth-order valence-electron chi connectivity index (χ4n) is 3.59. The number of hydrogen-bond acceptors (Lipinski definition) is 6. The minimum absolute atomic E-state index is 0.234. The van der Waals surface area contributed by atoms with Crippen molar-refractivity contribution >= 4 is 11.9 Å². The van der Waals surface area contributed by atoms with Crippen molar-refractivity contribution in [3.8, 4) is 11.5 Å². The predicted octanol–water partition coefficient (Wildman–Crippen LogP) is 3.86. The summed E-state index contributed by atoms with van der Waals surface area (Å²) in [5.41, 5.74) is 2.81. The molecule has 33 heavy (non-hydrogen) atoms. The summed E-state index contributed by atoms with van der Waals surface area (Å²) >= 11 is 0. The zero-order valence-electron chi connectivity index (χ0n) is 20.8. The molecule has 0 atom stereocenters. The van der Waals surface area contributed by atoms with Gasteiger partial charge in [0.1, 0.15) is 12.3 Å². The molecule has 0 aliphatic carbocycles. The topological polar surface area (TPSA) is 92.9 Å². The normalized spacial score (nSPS) is 11.1. The number of nitrogens with one attached hydrogen (secondary N) is 2. The Morgan fingerprint density at radius 3 is 2.42 bits per heavy atom. The molecule has 0 fully saturated rings. The molecule has 8 nitrogen and oxygen atoms in total. The molecule has 182 valence electrons. The number of rotatable bonds is 12. The van der Waals surface area contributed by atoms with Crippen molar-refractivity contribution in [3.05, 3.63) is 46.3 Å². The summed E-state index contributed by atoms with van der Waals surface area (Å²) in [4.78, 5) is 30.4. The first-order valence-electron chi connectivity index (χ1n) is 11.4. The molecular formula is C25H37N3O5. The lowest BCUT2D eigenvalue weighted by atomic mass is 10.1. The second-order valence-electron chi connectivity index (χ2n) is 8.12. The number of ether oxygens (including phenoxy) is 3. The highest BCUT2D eigenvalue weighted by atomic mass is 16.5. The summed E-state index contributed by atoms with van der Waals surface area (Å²) < 4.78 is 16.7. The summed E-state index contributed by atoms with van der Waals surface area (Å²) in [6.45, 7) is 15.0. The molecule has 0 saturated carbocycles. The van der Waals surface area contributed by atoms with Crippen LogP contribution < -0.4 is 14.8 Å². The number of benzene rings is 1. The van der Waals surface area contributed by atoms with Crippen LogP contribution in [0.2, 0.25) is 0 Å². The van der Waals surface area contributed by atoms with Crippen LogP contribution in [0.4, 0.5) is 0 Å². The number of amides is 1. The largest absolute Gasteiger partial charge is 0.493 e. The molecule has 8 heteroatoms. The van der Waals surface area contributed by atoms with E-state index in [0.717, 1.165) is 25.2 Å². The summed E-state index contributed by atoms with van der Waals surface area (Å²) in [5.74, 6) is 0.560. The van der Waals surface area contributed by atoms with Gasteiger partial charge < -0.3 is 29.4 Å². The van der Waals surface area contributed by atoms with Crippen molar-refractivity contribution in [1.29, 1.82) is 0 Å². The number of likely N-dealkylation sites (N-methyl/N-ethyl adjacent to an activating group) is 1. The first-order valence-corrected chi connectivity index (χ1v) is 11.4. The van der Waals surface area contributed by atoms with Gasteiger partial charge in [-0.25, -0.2) is 4.79 Å². The Morgan fingerprint density at radius 2 is 1.82 bits per heavy atom. The number of H-pyrrole nitrogens is 1. The highest BCUT2D eigenvalue weighted by Gasteiger charge is 2.23. The van der Waals surface area contributed by atoms with E-state index >= 15 is 0 Å². The fraction of sp³-hybridized carbons (Fsp3) is 0.520. The zero-order valence-corrected chi connectivity index (χ0v) is 20.8. The maximum atomic E-state index is 12.8. The Kier molecular flexibility index (Phi) is 9.78. The lowest BCUT2D eigenvalue weighted by Crippen LogP contribution is -2.28. The average molecular weight is 460 g/mol. The second-order valence-corrected chi connectivity index (χ2v) is 8.12. The second kappa shape index (κ2) is 12.3. The Balaban J connectivity index is 2.03. The maximum absolute atomic E-state index is 12.8. The molecule has 0 aliphatic rings. The van der Waals surface area contributed by atoms with Crippen LogP contribution in [0.15, 0.2) is 18.2 Å². The van der Waals surface area contributed by atoms with Crippen molar-refractivity contribution in [1.82, 2.24) is 15.2 Å². The predicted molar refractivity (Wildman–Crippen MR) is 128 cm³/mol. The van der Waals surface area contributed by atoms with Gasteiger partial charge in [0, 0.05) is 18.8 Å². The number of carbonyl (C=O) groups excluding carboxylic acids is 2. The van der Waals surface area contributed by atoms with Crippen LogP contribution in [0.5, 0.6) is 11.5 Å². The van der Waals surface area contributed by atoms with Crippen LogP contribution in [0.25, 0.3) is 0 Å². The van der Waals surface area contributed by atoms with Crippen LogP contribution in [0.3, 0.4) is 0 Å². The Bertz CT molecular complexity index is 948. The standard InChI is InChI=1S/C25H37N3O5/c1-8-28(9-2)12-13-32-20-11-10-19(14-21(20)31-7)15-26-24(29)23-17(5)22(18(6)27-23)25(30)33-16(3)4/h10-11,14,16,27H,8-9,12-13,15H2,1-7H3,(H,26,29). The number of esters is 1. The first-order chi connectivity index (χ1) is 15.7. The number of hydrogen-bond donors (Lipinski definition) is 2. The molecular weight excluding hydrogens is 422 g/mol. The van der Waals surface area contributed by atoms with Crippen molar-refractivity contribution in [2.75, 3.05) is 33.4 Å². The molecule has 0 saturated heterocycles. The fourth-order valence-corrected chi connectivity index (χ4v) is 3.59. The highest BCUT2D eigenvalue weighted by Crippen LogP contribution is 2.28. The van der Waals surface area contributed by atoms with E-state index in [-0.39, 0.29) is 12.0 Å². The molecule has 0 aliphatic heterocycles. The number of aryl methyl sites for hydroxylation is 1. The third-order valence-electron chi connectivity index (χ3n) is 5.45. The number of aromatic nitrogens is 1. The minimum atomic E-state index is -0.434. The van der Waals surface area contributed by atoms with Crippen molar-refractivity contribution < 1.29 is 23.8 Å². The Morgan fingerprint density at radius 1 is 1.12 bits per heavy atom. The molecule has 1 amide bonds. The van der Waals surface area contributed by atoms with Crippen LogP contribution >= 0.6 is 0 Å². The van der Waals surface area contributed by atoms with Gasteiger partial charge in [0.2, 0.25) is 0 Å². The molecule has 2 aromatic rings. The monoisotopic (exact) mass is 459 g/mol. The Hall–Kier alpha value is -3.00. The first kappa shape index (κ1) is 26.3. The van der Waals surface area contributed by atoms with E-state index in [2.05, 4.69) is 29.0 Å². The maximum Gasteiger partial charge on any atom is 0.340 e. The third-order valence-corrected chi connectivity index (χ3v) is 5.45. The van der Waals surface area contributed by atoms with Crippen LogP contribution in [0.1, 0.15) is 65.4 Å². The molecule has 2 N–H and O–H groups in total. The third kappa shape index (κ3) is 6.99. The quantitative estimate of drug-likeness (QED) is 0.468. The van der Waals surface area contributed by atoms with Crippen molar-refractivity contribution in [2.24, 2.45) is 0 Å². The van der Waals surface area contributed by atoms with Gasteiger partial charge >= 0.3 is 5.97 Å². The van der Waals surface area contributed by atoms with E-state index < -0.39 is 5.97 Å². The number of aromatic amines is 1. The van der Waals surface area contributed by atoms with Gasteiger partial charge in [-0.1, -0.05) is 19.9 Å². The van der Waals surface area contributed by atoms with E-state index in [4.69, 9.17) is 14.2 Å². The van der Waals surface area contributed by atoms with Gasteiger partial charge in [0.15, 0.2) is 11.5 Å². The minimum Gasteiger partial charge on any atom is -0.493 e. The van der Waals surface area contributed by atoms with E-state index in [1.165, 1.54) is 0 Å². The van der Waals surface area contributed by atoms with Gasteiger partial charge in [-0.3, -0.25) is 4.79 Å². The lowest BCUT2D eigenvalue weighted by Gasteiger charge is -2.19. The summed E-state index contributed by atoms with van der Waals surface area (Å²) in [5, 5.41) is 2.90. The zero-order chi connectivity index (χ0) is 24.5. The van der Waals surface area contributed by atoms with Gasteiger partial charge in [0.25, 0.3) is 5.91 Å². The van der Waals surface area contributed by atoms with Crippen LogP contribution in [-0.4, -0.2) is 61.2 Å². The molecule has 1 heterocycles. The molecule has 1 aromatic heterocycles. The van der Waals surface area contributed by atoms with Gasteiger partial charge in [-0.05, 0) is 64.0 Å². The highest BCUT2D eigenvalue weighted by molar-refractivity contribution is 6.00. The van der Waals surface area contributed by atoms with E-state index in [9.17, 15) is 9.59 Å². The smallest absolute Gasteiger partial charge is 0.340 e. The number of nitrogens with zero attached hydrogens (tertiary/aromatic N) is 1. The molecule has 2 rings (SSSR count). The van der Waals surface area contributed by atoms with Crippen LogP contribution in [-0.2, 0) is 11.3 Å². The van der Waals surface area contributed by atoms with E-state index in [1.54, 1.807) is 34.8 Å². The van der Waals surface area contributed by atoms with Crippen LogP contribution in [0, 0.1) is 13.8 Å². The number of carbonyl (C=O) groups is 2. The SMILES string of the molecule is CCN(CC)CCOc1ccc(CNC(=O)c2[nH]c(C)c(C(=O)OC(C)C)c2C)cc1OC. The Labute approximate surface area is 196 Å². The molecule has 0 unspecified atom stereocenters. The average Bonchev–Trinajstić information content (AvgIpc) is 3.09. The summed E-state index contributed by atoms with van der Waals surface area (Å²) in [6, 6.07) is 5.60. The van der Waals surface area contributed by atoms with E-state index in [0.29, 0.717) is 47.2 Å². The number of methoxy groups -OCH3 is 1. The van der Waals surface area contributed by atoms with Gasteiger partial charge in [-0.15, -0.1) is 0 Å². The van der Waals surface area contributed by atoms with Gasteiger partial charge in [-0.2, -0.15) is 0 Å². The van der Waals surface area contributed by atoms with Crippen molar-refractivity contribution in [3.63, 3.8) is 0 Å². The van der Waals surface area contributed by atoms with E-state index in [1.807, 2.05) is 18.2 Å². The molecule has 0 bridgehead atoms. The molecule has 1 aromatic carbocycles. The lowest BCUT2D eigenvalue weighted by molar-refractivity contribution is 0.0376. The molecule has 0 spiro atoms. The van der Waals surface area contributed by atoms with Crippen molar-refractivity contribution in [2.45, 2.75) is 54.2 Å². The molecule has 0 radical (unpaired) electrons.